The van der Waals surface area contributed by atoms with Crippen LogP contribution in [-0.4, -0.2) is 34.3 Å². The van der Waals surface area contributed by atoms with Gasteiger partial charge in [0.1, 0.15) is 0 Å². The van der Waals surface area contributed by atoms with Crippen LogP contribution in [0.4, 0.5) is 0 Å². The molecule has 2 atom stereocenters. The zero-order valence-electron chi connectivity index (χ0n) is 14.5. The number of aryl methyl sites for hydroxylation is 2. The average Bonchev–Trinajstić information content (AvgIpc) is 2.74. The van der Waals surface area contributed by atoms with Crippen molar-refractivity contribution in [1.82, 2.24) is 15.1 Å². The van der Waals surface area contributed by atoms with Gasteiger partial charge in [-0.1, -0.05) is 19.8 Å². The predicted molar refractivity (Wildman–Crippen MR) is 86.9 cm³/mol. The number of carbonyl (C=O) groups excluding carboxylic acids is 2. The highest BCUT2D eigenvalue weighted by Gasteiger charge is 2.23. The number of hydrogen-bond donors (Lipinski definition) is 1. The number of aromatic nitrogens is 2. The van der Waals surface area contributed by atoms with Gasteiger partial charge in [0.25, 0.3) is 5.91 Å². The van der Waals surface area contributed by atoms with Crippen LogP contribution in [-0.2, 0) is 27.8 Å². The quantitative estimate of drug-likeness (QED) is 0.840. The molecule has 1 aromatic rings. The molecule has 1 fully saturated rings. The van der Waals surface area contributed by atoms with E-state index in [1.165, 1.54) is 6.42 Å². The lowest BCUT2D eigenvalue weighted by Gasteiger charge is -2.29. The van der Waals surface area contributed by atoms with Crippen molar-refractivity contribution in [1.29, 1.82) is 0 Å². The topological polar surface area (TPSA) is 73.2 Å². The van der Waals surface area contributed by atoms with Crippen molar-refractivity contribution in [2.75, 3.05) is 6.61 Å². The maximum Gasteiger partial charge on any atom is 0.310 e. The summed E-state index contributed by atoms with van der Waals surface area (Å²) >= 11 is 0. The average molecular weight is 321 g/mol. The van der Waals surface area contributed by atoms with Gasteiger partial charge in [0.2, 0.25) is 0 Å². The zero-order valence-corrected chi connectivity index (χ0v) is 14.5. The summed E-state index contributed by atoms with van der Waals surface area (Å²) in [5.41, 5.74) is 2.64. The minimum Gasteiger partial charge on any atom is -0.455 e. The van der Waals surface area contributed by atoms with Crippen molar-refractivity contribution in [3.8, 4) is 0 Å². The van der Waals surface area contributed by atoms with Gasteiger partial charge in [0, 0.05) is 24.3 Å². The van der Waals surface area contributed by atoms with E-state index in [4.69, 9.17) is 4.74 Å². The Balaban J connectivity index is 1.78. The molecule has 0 radical (unpaired) electrons. The van der Waals surface area contributed by atoms with Crippen LogP contribution in [0.25, 0.3) is 0 Å². The lowest BCUT2D eigenvalue weighted by atomic mass is 9.86. The van der Waals surface area contributed by atoms with E-state index in [1.54, 1.807) is 4.68 Å². The molecule has 1 N–H and O–H groups in total. The molecule has 1 aromatic heterocycles. The summed E-state index contributed by atoms with van der Waals surface area (Å²) in [6.45, 7) is 5.73. The summed E-state index contributed by atoms with van der Waals surface area (Å²) in [6.07, 6.45) is 4.68. The summed E-state index contributed by atoms with van der Waals surface area (Å²) in [4.78, 5) is 23.9. The molecule has 0 spiro atoms. The molecule has 128 valence electrons. The van der Waals surface area contributed by atoms with Gasteiger partial charge < -0.3 is 10.1 Å². The van der Waals surface area contributed by atoms with Crippen LogP contribution >= 0.6 is 0 Å². The first kappa shape index (κ1) is 17.5. The molecule has 6 nitrogen and oxygen atoms in total. The monoisotopic (exact) mass is 321 g/mol. The van der Waals surface area contributed by atoms with Crippen LogP contribution in [0.2, 0.25) is 0 Å². The Morgan fingerprint density at radius 2 is 2.00 bits per heavy atom. The number of amides is 1. The lowest BCUT2D eigenvalue weighted by molar-refractivity contribution is -0.148. The molecule has 1 saturated carbocycles. The molecule has 1 aliphatic carbocycles. The first-order valence-corrected chi connectivity index (χ1v) is 8.32. The van der Waals surface area contributed by atoms with E-state index in [-0.39, 0.29) is 25.0 Å². The summed E-state index contributed by atoms with van der Waals surface area (Å²) < 4.78 is 6.86. The second-order valence-corrected chi connectivity index (χ2v) is 6.55. The van der Waals surface area contributed by atoms with Crippen molar-refractivity contribution < 1.29 is 14.3 Å². The van der Waals surface area contributed by atoms with Crippen molar-refractivity contribution >= 4 is 11.9 Å². The Morgan fingerprint density at radius 3 is 2.61 bits per heavy atom. The van der Waals surface area contributed by atoms with Gasteiger partial charge in [0.15, 0.2) is 6.61 Å². The number of nitrogens with zero attached hydrogens (tertiary/aromatic N) is 2. The predicted octanol–water partition coefficient (Wildman–Crippen LogP) is 1.82. The highest BCUT2D eigenvalue weighted by Crippen LogP contribution is 2.23. The normalized spacial score (nSPS) is 21.0. The van der Waals surface area contributed by atoms with Gasteiger partial charge >= 0.3 is 5.97 Å². The van der Waals surface area contributed by atoms with Crippen molar-refractivity contribution in [3.63, 3.8) is 0 Å². The van der Waals surface area contributed by atoms with E-state index in [0.717, 1.165) is 36.2 Å². The van der Waals surface area contributed by atoms with Crippen molar-refractivity contribution in [2.24, 2.45) is 13.0 Å². The number of esters is 1. The fourth-order valence-electron chi connectivity index (χ4n) is 3.19. The zero-order chi connectivity index (χ0) is 17.0. The lowest BCUT2D eigenvalue weighted by Crippen LogP contribution is -2.43. The van der Waals surface area contributed by atoms with Crippen LogP contribution in [0, 0.1) is 19.8 Å². The van der Waals surface area contributed by atoms with Crippen molar-refractivity contribution in [2.45, 2.75) is 58.9 Å². The minimum absolute atomic E-state index is 0.151. The molecule has 2 rings (SSSR count). The van der Waals surface area contributed by atoms with Crippen LogP contribution in [0.15, 0.2) is 0 Å². The highest BCUT2D eigenvalue weighted by atomic mass is 16.5. The van der Waals surface area contributed by atoms with Crippen LogP contribution in [0.5, 0.6) is 0 Å². The van der Waals surface area contributed by atoms with Gasteiger partial charge in [-0.2, -0.15) is 5.10 Å². The first-order chi connectivity index (χ1) is 10.9. The largest absolute Gasteiger partial charge is 0.455 e. The third-order valence-corrected chi connectivity index (χ3v) is 4.80. The molecule has 0 aromatic carbocycles. The first-order valence-electron chi connectivity index (χ1n) is 8.32. The van der Waals surface area contributed by atoms with Crippen LogP contribution < -0.4 is 5.32 Å². The Bertz CT molecular complexity index is 580. The second-order valence-electron chi connectivity index (χ2n) is 6.55. The maximum absolute atomic E-state index is 11.9. The number of carbonyl (C=O) groups is 2. The van der Waals surface area contributed by atoms with Crippen LogP contribution in [0.1, 0.15) is 49.6 Å². The van der Waals surface area contributed by atoms with Gasteiger partial charge in [0.05, 0.1) is 12.1 Å². The molecular weight excluding hydrogens is 294 g/mol. The van der Waals surface area contributed by atoms with E-state index in [2.05, 4.69) is 17.3 Å². The van der Waals surface area contributed by atoms with E-state index in [1.807, 2.05) is 20.9 Å². The van der Waals surface area contributed by atoms with E-state index in [0.29, 0.717) is 5.92 Å². The van der Waals surface area contributed by atoms with Crippen LogP contribution in [0.3, 0.4) is 0 Å². The number of rotatable bonds is 5. The summed E-state index contributed by atoms with van der Waals surface area (Å²) in [5.74, 6) is -0.114. The molecule has 0 bridgehead atoms. The Labute approximate surface area is 137 Å². The third-order valence-electron chi connectivity index (χ3n) is 4.80. The fourth-order valence-corrected chi connectivity index (χ4v) is 3.19. The molecule has 0 aliphatic heterocycles. The van der Waals surface area contributed by atoms with Gasteiger partial charge in [-0.25, -0.2) is 0 Å². The highest BCUT2D eigenvalue weighted by molar-refractivity contribution is 5.81. The molecular formula is C17H27N3O3. The Morgan fingerprint density at radius 1 is 1.30 bits per heavy atom. The van der Waals surface area contributed by atoms with Crippen molar-refractivity contribution in [3.05, 3.63) is 17.0 Å². The minimum atomic E-state index is -0.393. The molecule has 23 heavy (non-hydrogen) atoms. The maximum atomic E-state index is 11.9. The molecule has 0 unspecified atom stereocenters. The molecule has 6 heteroatoms. The number of hydrogen-bond acceptors (Lipinski definition) is 4. The Hall–Kier alpha value is -1.85. The standard InChI is InChI=1S/C17H27N3O3/c1-11-7-5-6-8-15(11)18-16(21)10-23-17(22)9-14-12(2)19-20(4)13(14)3/h11,15H,5-10H2,1-4H3,(H,18,21)/t11-,15-/m1/s1. The SMILES string of the molecule is Cc1nn(C)c(C)c1CC(=O)OCC(=O)N[C@@H]1CCCC[C@H]1C. The van der Waals surface area contributed by atoms with Gasteiger partial charge in [-0.15, -0.1) is 0 Å². The molecule has 1 heterocycles. The van der Waals surface area contributed by atoms with E-state index >= 15 is 0 Å². The summed E-state index contributed by atoms with van der Waals surface area (Å²) in [5, 5.41) is 7.26. The molecule has 0 saturated heterocycles. The van der Waals surface area contributed by atoms with Gasteiger partial charge in [-0.05, 0) is 32.6 Å². The number of ether oxygens (including phenoxy) is 1. The third kappa shape index (κ3) is 4.56. The Kier molecular flexibility index (Phi) is 5.80. The van der Waals surface area contributed by atoms with E-state index in [9.17, 15) is 9.59 Å². The number of nitrogens with one attached hydrogen (secondary N) is 1. The summed E-state index contributed by atoms with van der Waals surface area (Å²) in [7, 11) is 1.84. The molecule has 1 aliphatic rings. The van der Waals surface area contributed by atoms with Gasteiger partial charge in [-0.3, -0.25) is 14.3 Å². The smallest absolute Gasteiger partial charge is 0.310 e. The molecule has 1 amide bonds. The summed E-state index contributed by atoms with van der Waals surface area (Å²) in [6, 6.07) is 0.206. The van der Waals surface area contributed by atoms with E-state index < -0.39 is 5.97 Å². The fraction of sp³-hybridized carbons (Fsp3) is 0.706. The second kappa shape index (κ2) is 7.62.